The van der Waals surface area contributed by atoms with E-state index in [2.05, 4.69) is 40.5 Å². The predicted molar refractivity (Wildman–Crippen MR) is 122 cm³/mol. The van der Waals surface area contributed by atoms with Crippen LogP contribution in [0.25, 0.3) is 0 Å². The molecule has 0 spiro atoms. The van der Waals surface area contributed by atoms with Crippen molar-refractivity contribution in [2.45, 2.75) is 38.8 Å². The van der Waals surface area contributed by atoms with Gasteiger partial charge in [0, 0.05) is 19.3 Å². The first kappa shape index (κ1) is 24.2. The summed E-state index contributed by atoms with van der Waals surface area (Å²) in [7, 11) is 1.67. The fourth-order valence-corrected chi connectivity index (χ4v) is 3.97. The molecular formula is C22H34ClN5O2. The molecule has 0 saturated carbocycles. The maximum atomic E-state index is 12.8. The van der Waals surface area contributed by atoms with Crippen LogP contribution in [0, 0.1) is 0 Å². The van der Waals surface area contributed by atoms with E-state index < -0.39 is 0 Å². The van der Waals surface area contributed by atoms with E-state index in [1.54, 1.807) is 7.11 Å². The molecule has 1 saturated heterocycles. The Balaban J connectivity index is 0.00000320. The van der Waals surface area contributed by atoms with Gasteiger partial charge in [-0.15, -0.1) is 12.4 Å². The third kappa shape index (κ3) is 5.97. The number of benzene rings is 1. The second-order valence-corrected chi connectivity index (χ2v) is 7.40. The SMILES string of the molecule is CCN(CC)C(CNC(=O)c1ccn(C2CCCNC2)n1)c1cccc(OC)c1.Cl. The highest BCUT2D eigenvalue weighted by Crippen LogP contribution is 2.24. The van der Waals surface area contributed by atoms with E-state index in [1.807, 2.05) is 35.1 Å². The molecule has 166 valence electrons. The summed E-state index contributed by atoms with van der Waals surface area (Å²) in [5.41, 5.74) is 1.60. The molecule has 2 aromatic rings. The third-order valence-corrected chi connectivity index (χ3v) is 5.67. The quantitative estimate of drug-likeness (QED) is 0.633. The van der Waals surface area contributed by atoms with Crippen molar-refractivity contribution in [3.8, 4) is 5.75 Å². The Hall–Kier alpha value is -2.09. The van der Waals surface area contributed by atoms with Crippen molar-refractivity contribution in [2.75, 3.05) is 39.8 Å². The van der Waals surface area contributed by atoms with E-state index in [0.717, 1.165) is 50.3 Å². The zero-order valence-corrected chi connectivity index (χ0v) is 19.0. The largest absolute Gasteiger partial charge is 0.497 e. The molecule has 0 aliphatic carbocycles. The first-order valence-corrected chi connectivity index (χ1v) is 10.6. The number of halogens is 1. The van der Waals surface area contributed by atoms with Gasteiger partial charge in [-0.2, -0.15) is 5.10 Å². The third-order valence-electron chi connectivity index (χ3n) is 5.67. The number of likely N-dealkylation sites (N-methyl/N-ethyl adjacent to an activating group) is 1. The summed E-state index contributed by atoms with van der Waals surface area (Å²) in [5.74, 6) is 0.693. The highest BCUT2D eigenvalue weighted by atomic mass is 35.5. The number of ether oxygens (including phenoxy) is 1. The molecule has 2 heterocycles. The second kappa shape index (κ2) is 11.9. The van der Waals surface area contributed by atoms with Crippen LogP contribution in [-0.2, 0) is 0 Å². The minimum Gasteiger partial charge on any atom is -0.497 e. The normalized spacial score (nSPS) is 17.3. The summed E-state index contributed by atoms with van der Waals surface area (Å²) in [5, 5.41) is 11.0. The molecule has 0 radical (unpaired) electrons. The van der Waals surface area contributed by atoms with Crippen LogP contribution in [0.15, 0.2) is 36.5 Å². The van der Waals surface area contributed by atoms with Crippen LogP contribution in [0.3, 0.4) is 0 Å². The first-order valence-electron chi connectivity index (χ1n) is 10.6. The number of amides is 1. The van der Waals surface area contributed by atoms with Crippen LogP contribution in [0.2, 0.25) is 0 Å². The number of nitrogens with one attached hydrogen (secondary N) is 2. The Labute approximate surface area is 185 Å². The maximum absolute atomic E-state index is 12.8. The smallest absolute Gasteiger partial charge is 0.271 e. The molecule has 1 aliphatic heterocycles. The van der Waals surface area contributed by atoms with E-state index in [1.165, 1.54) is 0 Å². The Morgan fingerprint density at radius 3 is 2.83 bits per heavy atom. The fourth-order valence-electron chi connectivity index (χ4n) is 3.97. The molecule has 1 aliphatic rings. The molecule has 1 fully saturated rings. The summed E-state index contributed by atoms with van der Waals surface area (Å²) in [4.78, 5) is 15.1. The number of nitrogens with zero attached hydrogens (tertiary/aromatic N) is 3. The minimum atomic E-state index is -0.132. The summed E-state index contributed by atoms with van der Waals surface area (Å²) in [6, 6.07) is 10.3. The van der Waals surface area contributed by atoms with Gasteiger partial charge in [-0.3, -0.25) is 14.4 Å². The average Bonchev–Trinajstić information content (AvgIpc) is 3.27. The highest BCUT2D eigenvalue weighted by molar-refractivity contribution is 5.92. The average molecular weight is 436 g/mol. The van der Waals surface area contributed by atoms with Crippen LogP contribution in [0.4, 0.5) is 0 Å². The molecule has 1 aromatic carbocycles. The van der Waals surface area contributed by atoms with Crippen molar-refractivity contribution in [2.24, 2.45) is 0 Å². The highest BCUT2D eigenvalue weighted by Gasteiger charge is 2.21. The summed E-state index contributed by atoms with van der Waals surface area (Å²) < 4.78 is 7.31. The van der Waals surface area contributed by atoms with E-state index >= 15 is 0 Å². The van der Waals surface area contributed by atoms with Gasteiger partial charge in [0.15, 0.2) is 0 Å². The van der Waals surface area contributed by atoms with Crippen LogP contribution in [0.5, 0.6) is 5.75 Å². The van der Waals surface area contributed by atoms with Crippen molar-refractivity contribution in [1.82, 2.24) is 25.3 Å². The van der Waals surface area contributed by atoms with E-state index in [-0.39, 0.29) is 24.4 Å². The van der Waals surface area contributed by atoms with Crippen LogP contribution < -0.4 is 15.4 Å². The number of carbonyl (C=O) groups is 1. The van der Waals surface area contributed by atoms with Gasteiger partial charge < -0.3 is 15.4 Å². The molecule has 7 nitrogen and oxygen atoms in total. The van der Waals surface area contributed by atoms with Crippen molar-refractivity contribution in [1.29, 1.82) is 0 Å². The van der Waals surface area contributed by atoms with Gasteiger partial charge >= 0.3 is 0 Å². The number of aromatic nitrogens is 2. The molecule has 2 N–H and O–H groups in total. The van der Waals surface area contributed by atoms with Gasteiger partial charge in [0.2, 0.25) is 0 Å². The minimum absolute atomic E-state index is 0. The molecular weight excluding hydrogens is 402 g/mol. The zero-order chi connectivity index (χ0) is 20.6. The standard InChI is InChI=1S/C22H33N5O2.ClH/c1-4-26(5-2)21(17-8-6-10-19(14-17)29-3)16-24-22(28)20-11-13-27(25-20)18-9-7-12-23-15-18;/h6,8,10-11,13-14,18,21,23H,4-5,7,9,12,15-16H2,1-3H3,(H,24,28);1H. The molecule has 3 rings (SSSR count). The summed E-state index contributed by atoms with van der Waals surface area (Å²) >= 11 is 0. The number of rotatable bonds is 9. The Morgan fingerprint density at radius 2 is 2.17 bits per heavy atom. The molecule has 1 aromatic heterocycles. The molecule has 8 heteroatoms. The molecule has 2 atom stereocenters. The Kier molecular flexibility index (Phi) is 9.62. The lowest BCUT2D eigenvalue weighted by molar-refractivity contribution is 0.0928. The van der Waals surface area contributed by atoms with Crippen LogP contribution in [0.1, 0.15) is 54.8 Å². The lowest BCUT2D eigenvalue weighted by Gasteiger charge is -2.30. The van der Waals surface area contributed by atoms with Gasteiger partial charge in [0.05, 0.1) is 19.2 Å². The number of hydrogen-bond donors (Lipinski definition) is 2. The lowest BCUT2D eigenvalue weighted by Crippen LogP contribution is -2.38. The monoisotopic (exact) mass is 435 g/mol. The Morgan fingerprint density at radius 1 is 1.37 bits per heavy atom. The topological polar surface area (TPSA) is 71.4 Å². The van der Waals surface area contributed by atoms with Gasteiger partial charge in [-0.05, 0) is 56.2 Å². The second-order valence-electron chi connectivity index (χ2n) is 7.40. The van der Waals surface area contributed by atoms with Crippen LogP contribution >= 0.6 is 12.4 Å². The number of hydrogen-bond acceptors (Lipinski definition) is 5. The number of methoxy groups -OCH3 is 1. The van der Waals surface area contributed by atoms with Gasteiger partial charge in [-0.25, -0.2) is 0 Å². The maximum Gasteiger partial charge on any atom is 0.271 e. The van der Waals surface area contributed by atoms with Crippen LogP contribution in [-0.4, -0.2) is 60.4 Å². The zero-order valence-electron chi connectivity index (χ0n) is 18.1. The van der Waals surface area contributed by atoms with Crippen molar-refractivity contribution in [3.63, 3.8) is 0 Å². The van der Waals surface area contributed by atoms with E-state index in [9.17, 15) is 4.79 Å². The number of piperidine rings is 1. The van der Waals surface area contributed by atoms with Gasteiger partial charge in [0.1, 0.15) is 11.4 Å². The summed E-state index contributed by atoms with van der Waals surface area (Å²) in [6.07, 6.45) is 4.14. The first-order chi connectivity index (χ1) is 14.2. The summed E-state index contributed by atoms with van der Waals surface area (Å²) in [6.45, 7) is 8.56. The van der Waals surface area contributed by atoms with Crippen molar-refractivity contribution in [3.05, 3.63) is 47.8 Å². The fraction of sp³-hybridized carbons (Fsp3) is 0.545. The Bertz CT molecular complexity index is 787. The number of carbonyl (C=O) groups excluding carboxylic acids is 1. The predicted octanol–water partition coefficient (Wildman–Crippen LogP) is 3.05. The van der Waals surface area contributed by atoms with Gasteiger partial charge in [0.25, 0.3) is 5.91 Å². The van der Waals surface area contributed by atoms with E-state index in [0.29, 0.717) is 18.3 Å². The van der Waals surface area contributed by atoms with E-state index in [4.69, 9.17) is 4.74 Å². The molecule has 2 unspecified atom stereocenters. The van der Waals surface area contributed by atoms with Crippen molar-refractivity contribution < 1.29 is 9.53 Å². The molecule has 30 heavy (non-hydrogen) atoms. The van der Waals surface area contributed by atoms with Gasteiger partial charge in [-0.1, -0.05) is 26.0 Å². The van der Waals surface area contributed by atoms with Crippen molar-refractivity contribution >= 4 is 18.3 Å². The molecule has 1 amide bonds. The lowest BCUT2D eigenvalue weighted by atomic mass is 10.0. The molecule has 0 bridgehead atoms.